The van der Waals surface area contributed by atoms with Crippen molar-refractivity contribution in [1.82, 2.24) is 10.7 Å². The predicted octanol–water partition coefficient (Wildman–Crippen LogP) is 3.20. The van der Waals surface area contributed by atoms with Crippen LogP contribution in [0.3, 0.4) is 0 Å². The van der Waals surface area contributed by atoms with Gasteiger partial charge >= 0.3 is 18.4 Å². The lowest BCUT2D eigenvalue weighted by atomic mass is 10.1. The molecule has 0 heterocycles. The maximum absolute atomic E-state index is 12.1. The van der Waals surface area contributed by atoms with E-state index in [1.165, 1.54) is 19.2 Å². The molecule has 10 heteroatoms. The Labute approximate surface area is 152 Å². The standard InChI is InChI=1S/C17H16F3N3O4/c1-26-15(24)12-4-2-11(3-5-12)10-21-16(25)23-22-13-6-8-14(9-7-13)27-17(18,19)20/h2-9,22H,10H2,1H3,(H2,21,23,25). The molecule has 3 N–H and O–H groups in total. The van der Waals surface area contributed by atoms with Crippen LogP contribution in [0.15, 0.2) is 48.5 Å². The van der Waals surface area contributed by atoms with Gasteiger partial charge in [0.1, 0.15) is 5.75 Å². The van der Waals surface area contributed by atoms with Crippen LogP contribution in [0.25, 0.3) is 0 Å². The van der Waals surface area contributed by atoms with E-state index in [1.54, 1.807) is 24.3 Å². The van der Waals surface area contributed by atoms with Gasteiger partial charge in [-0.1, -0.05) is 12.1 Å². The molecule has 0 bridgehead atoms. The zero-order valence-electron chi connectivity index (χ0n) is 14.1. The van der Waals surface area contributed by atoms with E-state index in [0.29, 0.717) is 11.3 Å². The fourth-order valence-corrected chi connectivity index (χ4v) is 1.97. The Bertz CT molecular complexity index is 778. The Balaban J connectivity index is 1.77. The normalized spacial score (nSPS) is 10.7. The molecule has 27 heavy (non-hydrogen) atoms. The molecule has 0 saturated heterocycles. The number of alkyl halides is 3. The molecule has 0 spiro atoms. The quantitative estimate of drug-likeness (QED) is 0.527. The Kier molecular flexibility index (Phi) is 6.47. The van der Waals surface area contributed by atoms with Crippen molar-refractivity contribution in [2.24, 2.45) is 0 Å². The van der Waals surface area contributed by atoms with Gasteiger partial charge in [-0.15, -0.1) is 13.2 Å². The predicted molar refractivity (Wildman–Crippen MR) is 89.9 cm³/mol. The van der Waals surface area contributed by atoms with Gasteiger partial charge in [0.05, 0.1) is 18.4 Å². The van der Waals surface area contributed by atoms with E-state index < -0.39 is 18.4 Å². The summed E-state index contributed by atoms with van der Waals surface area (Å²) >= 11 is 0. The molecule has 2 rings (SSSR count). The van der Waals surface area contributed by atoms with E-state index in [9.17, 15) is 22.8 Å². The monoisotopic (exact) mass is 383 g/mol. The van der Waals surface area contributed by atoms with Crippen LogP contribution in [-0.4, -0.2) is 25.5 Å². The van der Waals surface area contributed by atoms with Gasteiger partial charge in [0.25, 0.3) is 0 Å². The molecule has 0 radical (unpaired) electrons. The third-order valence-electron chi connectivity index (χ3n) is 3.24. The molecule has 2 aromatic carbocycles. The minimum absolute atomic E-state index is 0.202. The van der Waals surface area contributed by atoms with Crippen LogP contribution in [0.4, 0.5) is 23.7 Å². The lowest BCUT2D eigenvalue weighted by Crippen LogP contribution is -2.38. The smallest absolute Gasteiger partial charge is 0.465 e. The Morgan fingerprint density at radius 2 is 1.63 bits per heavy atom. The third kappa shape index (κ3) is 6.77. The highest BCUT2D eigenvalue weighted by molar-refractivity contribution is 5.89. The number of carbonyl (C=O) groups excluding carboxylic acids is 2. The summed E-state index contributed by atoms with van der Waals surface area (Å²) in [5.74, 6) is -0.823. The number of methoxy groups -OCH3 is 1. The molecule has 0 aliphatic carbocycles. The van der Waals surface area contributed by atoms with Gasteiger partial charge in [0.2, 0.25) is 0 Å². The zero-order chi connectivity index (χ0) is 19.9. The van der Waals surface area contributed by atoms with E-state index in [1.807, 2.05) is 0 Å². The molecule has 0 saturated carbocycles. The number of esters is 1. The lowest BCUT2D eigenvalue weighted by Gasteiger charge is -2.12. The van der Waals surface area contributed by atoms with E-state index in [0.717, 1.165) is 17.7 Å². The van der Waals surface area contributed by atoms with Crippen LogP contribution in [0.5, 0.6) is 5.75 Å². The van der Waals surface area contributed by atoms with Crippen molar-refractivity contribution in [3.05, 3.63) is 59.7 Å². The molecule has 2 amide bonds. The second-order valence-electron chi connectivity index (χ2n) is 5.19. The van der Waals surface area contributed by atoms with Crippen LogP contribution in [0.2, 0.25) is 0 Å². The molecule has 0 unspecified atom stereocenters. The number of ether oxygens (including phenoxy) is 2. The van der Waals surface area contributed by atoms with Gasteiger partial charge in [-0.25, -0.2) is 9.59 Å². The summed E-state index contributed by atoms with van der Waals surface area (Å²) in [5, 5.41) is 2.57. The number of hydrogen-bond acceptors (Lipinski definition) is 5. The van der Waals surface area contributed by atoms with Crippen molar-refractivity contribution in [2.75, 3.05) is 12.5 Å². The molecule has 2 aromatic rings. The number of hydrazine groups is 1. The van der Waals surface area contributed by atoms with E-state index >= 15 is 0 Å². The Morgan fingerprint density at radius 3 is 2.19 bits per heavy atom. The molecular weight excluding hydrogens is 367 g/mol. The number of urea groups is 1. The molecule has 0 atom stereocenters. The average molecular weight is 383 g/mol. The minimum Gasteiger partial charge on any atom is -0.465 e. The highest BCUT2D eigenvalue weighted by Crippen LogP contribution is 2.23. The first-order valence-electron chi connectivity index (χ1n) is 7.60. The SMILES string of the molecule is COC(=O)c1ccc(CNC(=O)NNc2ccc(OC(F)(F)F)cc2)cc1. The first-order chi connectivity index (χ1) is 12.8. The van der Waals surface area contributed by atoms with E-state index in [4.69, 9.17) is 0 Å². The number of benzene rings is 2. The summed E-state index contributed by atoms with van der Waals surface area (Å²) in [7, 11) is 1.28. The van der Waals surface area contributed by atoms with Crippen molar-refractivity contribution in [2.45, 2.75) is 12.9 Å². The van der Waals surface area contributed by atoms with Crippen LogP contribution in [0, 0.1) is 0 Å². The zero-order valence-corrected chi connectivity index (χ0v) is 14.1. The van der Waals surface area contributed by atoms with Crippen LogP contribution < -0.4 is 20.9 Å². The number of hydrogen-bond donors (Lipinski definition) is 3. The Hall–Kier alpha value is -3.43. The van der Waals surface area contributed by atoms with Crippen molar-refractivity contribution >= 4 is 17.7 Å². The molecular formula is C17H16F3N3O4. The fourth-order valence-electron chi connectivity index (χ4n) is 1.97. The molecule has 0 aliphatic heterocycles. The van der Waals surface area contributed by atoms with Crippen molar-refractivity contribution in [1.29, 1.82) is 0 Å². The highest BCUT2D eigenvalue weighted by Gasteiger charge is 2.30. The Morgan fingerprint density at radius 1 is 1.00 bits per heavy atom. The molecule has 0 aliphatic rings. The fraction of sp³-hybridized carbons (Fsp3) is 0.176. The van der Waals surface area contributed by atoms with Gasteiger partial charge in [-0.3, -0.25) is 10.9 Å². The lowest BCUT2D eigenvalue weighted by molar-refractivity contribution is -0.274. The topological polar surface area (TPSA) is 88.7 Å². The first-order valence-corrected chi connectivity index (χ1v) is 7.60. The average Bonchev–Trinajstić information content (AvgIpc) is 2.64. The molecule has 0 fully saturated rings. The number of halogens is 3. The van der Waals surface area contributed by atoms with Crippen LogP contribution in [-0.2, 0) is 11.3 Å². The maximum atomic E-state index is 12.1. The second kappa shape index (κ2) is 8.79. The number of carbonyl (C=O) groups is 2. The summed E-state index contributed by atoms with van der Waals surface area (Å²) in [6.07, 6.45) is -4.76. The van der Waals surface area contributed by atoms with Crippen molar-refractivity contribution in [3.8, 4) is 5.75 Å². The number of anilines is 1. The summed E-state index contributed by atoms with van der Waals surface area (Å²) < 4.78 is 44.6. The first kappa shape index (κ1) is 19.9. The van der Waals surface area contributed by atoms with Crippen LogP contribution in [0.1, 0.15) is 15.9 Å². The number of rotatable bonds is 6. The van der Waals surface area contributed by atoms with Gasteiger partial charge in [-0.2, -0.15) is 0 Å². The molecule has 7 nitrogen and oxygen atoms in total. The number of amides is 2. The third-order valence-corrected chi connectivity index (χ3v) is 3.24. The van der Waals surface area contributed by atoms with Gasteiger partial charge < -0.3 is 14.8 Å². The summed E-state index contributed by atoms with van der Waals surface area (Å²) in [6, 6.07) is 10.8. The second-order valence-corrected chi connectivity index (χ2v) is 5.19. The van der Waals surface area contributed by atoms with E-state index in [-0.39, 0.29) is 12.3 Å². The summed E-state index contributed by atoms with van der Waals surface area (Å²) in [4.78, 5) is 23.1. The van der Waals surface area contributed by atoms with Gasteiger partial charge in [0.15, 0.2) is 0 Å². The van der Waals surface area contributed by atoms with E-state index in [2.05, 4.69) is 25.6 Å². The maximum Gasteiger partial charge on any atom is 0.573 e. The van der Waals surface area contributed by atoms with Gasteiger partial charge in [0, 0.05) is 6.54 Å². The van der Waals surface area contributed by atoms with Crippen molar-refractivity contribution in [3.63, 3.8) is 0 Å². The largest absolute Gasteiger partial charge is 0.573 e. The minimum atomic E-state index is -4.76. The summed E-state index contributed by atoms with van der Waals surface area (Å²) in [6.45, 7) is 0.202. The molecule has 0 aromatic heterocycles. The van der Waals surface area contributed by atoms with Crippen molar-refractivity contribution < 1.29 is 32.2 Å². The highest BCUT2D eigenvalue weighted by atomic mass is 19.4. The molecule has 144 valence electrons. The van der Waals surface area contributed by atoms with Gasteiger partial charge in [-0.05, 0) is 42.0 Å². The number of nitrogens with one attached hydrogen (secondary N) is 3. The van der Waals surface area contributed by atoms with Crippen LogP contribution >= 0.6 is 0 Å². The summed E-state index contributed by atoms with van der Waals surface area (Å²) in [5.41, 5.74) is 6.39.